The van der Waals surface area contributed by atoms with Gasteiger partial charge < -0.3 is 4.98 Å². The summed E-state index contributed by atoms with van der Waals surface area (Å²) in [6.45, 7) is 7.19. The summed E-state index contributed by atoms with van der Waals surface area (Å²) in [4.78, 5) is 8.04. The summed E-state index contributed by atoms with van der Waals surface area (Å²) < 4.78 is 27.6. The number of nitrogens with zero attached hydrogens (tertiary/aromatic N) is 2. The summed E-state index contributed by atoms with van der Waals surface area (Å²) in [7, 11) is -3.49. The van der Waals surface area contributed by atoms with Crippen molar-refractivity contribution in [2.24, 2.45) is 0 Å². The highest BCUT2D eigenvalue weighted by Gasteiger charge is 2.27. The first kappa shape index (κ1) is 18.9. The van der Waals surface area contributed by atoms with Gasteiger partial charge in [-0.25, -0.2) is 8.42 Å². The molecule has 0 atom stereocenters. The molecule has 146 valence electrons. The number of fused-ring (bicyclic) bond motifs is 1. The molecule has 3 heterocycles. The van der Waals surface area contributed by atoms with Gasteiger partial charge in [0.15, 0.2) is 0 Å². The Morgan fingerprint density at radius 1 is 1.11 bits per heavy atom. The number of rotatable bonds is 3. The van der Waals surface area contributed by atoms with E-state index in [0.717, 1.165) is 27.7 Å². The van der Waals surface area contributed by atoms with Crippen molar-refractivity contribution >= 4 is 26.6 Å². The maximum atomic E-state index is 13.0. The SMILES string of the molecule is CC(C)(C)c1ccc(S(=O)(=O)N2CC=C(c3c[nH]c4cccnc34)CC2)cc1. The molecule has 5 nitrogen and oxygen atoms in total. The average molecular weight is 396 g/mol. The Balaban J connectivity index is 1.57. The smallest absolute Gasteiger partial charge is 0.243 e. The molecule has 1 aliphatic rings. The van der Waals surface area contributed by atoms with Crippen LogP contribution in [0.1, 0.15) is 38.3 Å². The quantitative estimate of drug-likeness (QED) is 0.717. The Morgan fingerprint density at radius 3 is 2.50 bits per heavy atom. The Kier molecular flexibility index (Phi) is 4.63. The monoisotopic (exact) mass is 395 g/mol. The van der Waals surface area contributed by atoms with Gasteiger partial charge in [0.2, 0.25) is 10.0 Å². The molecular formula is C22H25N3O2S. The van der Waals surface area contributed by atoms with E-state index in [1.165, 1.54) is 0 Å². The van der Waals surface area contributed by atoms with E-state index in [9.17, 15) is 8.42 Å². The van der Waals surface area contributed by atoms with Crippen molar-refractivity contribution in [1.82, 2.24) is 14.3 Å². The molecule has 3 aromatic rings. The number of H-pyrrole nitrogens is 1. The molecule has 2 aromatic heterocycles. The fourth-order valence-electron chi connectivity index (χ4n) is 3.59. The van der Waals surface area contributed by atoms with Gasteiger partial charge in [-0.3, -0.25) is 4.98 Å². The molecule has 28 heavy (non-hydrogen) atoms. The highest BCUT2D eigenvalue weighted by Crippen LogP contribution is 2.30. The minimum absolute atomic E-state index is 0.00156. The summed E-state index contributed by atoms with van der Waals surface area (Å²) in [5.41, 5.74) is 5.24. The molecule has 0 fully saturated rings. The molecule has 4 rings (SSSR count). The van der Waals surface area contributed by atoms with Crippen LogP contribution in [0.5, 0.6) is 0 Å². The summed E-state index contributed by atoms with van der Waals surface area (Å²) >= 11 is 0. The lowest BCUT2D eigenvalue weighted by Gasteiger charge is -2.26. The van der Waals surface area contributed by atoms with Crippen LogP contribution in [-0.4, -0.2) is 35.8 Å². The van der Waals surface area contributed by atoms with E-state index in [1.807, 2.05) is 36.5 Å². The molecule has 0 saturated carbocycles. The molecule has 1 aromatic carbocycles. The second kappa shape index (κ2) is 6.87. The van der Waals surface area contributed by atoms with E-state index in [-0.39, 0.29) is 5.41 Å². The summed E-state index contributed by atoms with van der Waals surface area (Å²) in [5, 5.41) is 0. The van der Waals surface area contributed by atoms with Crippen molar-refractivity contribution in [2.45, 2.75) is 37.5 Å². The zero-order valence-electron chi connectivity index (χ0n) is 16.4. The summed E-state index contributed by atoms with van der Waals surface area (Å²) in [6, 6.07) is 11.2. The molecule has 0 amide bonds. The van der Waals surface area contributed by atoms with E-state index in [4.69, 9.17) is 0 Å². The minimum atomic E-state index is -3.49. The Labute approximate surface area is 166 Å². The number of hydrogen-bond acceptors (Lipinski definition) is 3. The first-order valence-electron chi connectivity index (χ1n) is 9.49. The van der Waals surface area contributed by atoms with Crippen molar-refractivity contribution in [3.63, 3.8) is 0 Å². The molecular weight excluding hydrogens is 370 g/mol. The second-order valence-corrected chi connectivity index (χ2v) is 10.2. The molecule has 0 unspecified atom stereocenters. The zero-order chi connectivity index (χ0) is 19.9. The second-order valence-electron chi connectivity index (χ2n) is 8.22. The third kappa shape index (κ3) is 3.38. The van der Waals surface area contributed by atoms with E-state index >= 15 is 0 Å². The van der Waals surface area contributed by atoms with Crippen molar-refractivity contribution < 1.29 is 8.42 Å². The fraction of sp³-hybridized carbons (Fsp3) is 0.318. The Bertz CT molecular complexity index is 1140. The Hall–Kier alpha value is -2.44. The molecule has 1 aliphatic heterocycles. The van der Waals surface area contributed by atoms with Crippen LogP contribution in [0.15, 0.2) is 59.8 Å². The highest BCUT2D eigenvalue weighted by molar-refractivity contribution is 7.89. The van der Waals surface area contributed by atoms with Crippen molar-refractivity contribution in [3.8, 4) is 0 Å². The van der Waals surface area contributed by atoms with Crippen LogP contribution in [-0.2, 0) is 15.4 Å². The van der Waals surface area contributed by atoms with E-state index in [1.54, 1.807) is 22.6 Å². The lowest BCUT2D eigenvalue weighted by atomic mass is 9.87. The van der Waals surface area contributed by atoms with Crippen LogP contribution in [0.4, 0.5) is 0 Å². The molecule has 0 spiro atoms. The molecule has 0 bridgehead atoms. The fourth-order valence-corrected chi connectivity index (χ4v) is 4.97. The lowest BCUT2D eigenvalue weighted by Crippen LogP contribution is -2.34. The maximum absolute atomic E-state index is 13.0. The normalized spacial score (nSPS) is 16.3. The van der Waals surface area contributed by atoms with E-state index in [0.29, 0.717) is 24.4 Å². The number of aromatic amines is 1. The van der Waals surface area contributed by atoms with Gasteiger partial charge in [0.1, 0.15) is 0 Å². The number of aromatic nitrogens is 2. The molecule has 6 heteroatoms. The first-order valence-corrected chi connectivity index (χ1v) is 10.9. The highest BCUT2D eigenvalue weighted by atomic mass is 32.2. The molecule has 0 aliphatic carbocycles. The van der Waals surface area contributed by atoms with Crippen LogP contribution in [0.2, 0.25) is 0 Å². The number of pyridine rings is 1. The van der Waals surface area contributed by atoms with Crippen molar-refractivity contribution in [1.29, 1.82) is 0 Å². The molecule has 0 radical (unpaired) electrons. The van der Waals surface area contributed by atoms with Gasteiger partial charge in [0.25, 0.3) is 0 Å². The van der Waals surface area contributed by atoms with Gasteiger partial charge in [-0.15, -0.1) is 0 Å². The van der Waals surface area contributed by atoms with Gasteiger partial charge in [-0.05, 0) is 47.2 Å². The Morgan fingerprint density at radius 2 is 1.86 bits per heavy atom. The zero-order valence-corrected chi connectivity index (χ0v) is 17.3. The van der Waals surface area contributed by atoms with Crippen LogP contribution in [0.25, 0.3) is 16.6 Å². The number of hydrogen-bond donors (Lipinski definition) is 1. The first-order chi connectivity index (χ1) is 13.3. The van der Waals surface area contributed by atoms with Crippen LogP contribution < -0.4 is 0 Å². The minimum Gasteiger partial charge on any atom is -0.359 e. The number of sulfonamides is 1. The predicted octanol–water partition coefficient (Wildman–Crippen LogP) is 4.34. The third-order valence-corrected chi connectivity index (χ3v) is 7.19. The summed E-state index contributed by atoms with van der Waals surface area (Å²) in [5.74, 6) is 0. The third-order valence-electron chi connectivity index (χ3n) is 5.31. The molecule has 1 N–H and O–H groups in total. The van der Waals surface area contributed by atoms with Gasteiger partial charge in [0.05, 0.1) is 15.9 Å². The standard InChI is InChI=1S/C22H25N3O2S/c1-22(2,3)17-6-8-18(9-7-17)28(26,27)25-13-10-16(11-14-25)19-15-24-20-5-4-12-23-21(19)20/h4-10,12,15,24H,11,13-14H2,1-3H3. The van der Waals surface area contributed by atoms with Crippen molar-refractivity contribution in [2.75, 3.05) is 13.1 Å². The van der Waals surface area contributed by atoms with Gasteiger partial charge >= 0.3 is 0 Å². The van der Waals surface area contributed by atoms with Crippen molar-refractivity contribution in [3.05, 3.63) is 66.0 Å². The number of benzene rings is 1. The van der Waals surface area contributed by atoms with E-state index < -0.39 is 10.0 Å². The topological polar surface area (TPSA) is 66.1 Å². The van der Waals surface area contributed by atoms with Crippen LogP contribution >= 0.6 is 0 Å². The summed E-state index contributed by atoms with van der Waals surface area (Å²) in [6.07, 6.45) is 6.41. The van der Waals surface area contributed by atoms with Gasteiger partial charge in [0, 0.05) is 31.0 Å². The molecule has 0 saturated heterocycles. The van der Waals surface area contributed by atoms with Crippen LogP contribution in [0, 0.1) is 0 Å². The predicted molar refractivity (Wildman–Crippen MR) is 113 cm³/mol. The van der Waals surface area contributed by atoms with Gasteiger partial charge in [-0.1, -0.05) is 39.0 Å². The number of nitrogens with one attached hydrogen (secondary N) is 1. The van der Waals surface area contributed by atoms with Gasteiger partial charge in [-0.2, -0.15) is 4.31 Å². The van der Waals surface area contributed by atoms with Crippen LogP contribution in [0.3, 0.4) is 0 Å². The maximum Gasteiger partial charge on any atom is 0.243 e. The van der Waals surface area contributed by atoms with E-state index in [2.05, 4.69) is 30.7 Å². The largest absolute Gasteiger partial charge is 0.359 e. The average Bonchev–Trinajstić information content (AvgIpc) is 3.12. The lowest BCUT2D eigenvalue weighted by molar-refractivity contribution is 0.441.